The summed E-state index contributed by atoms with van der Waals surface area (Å²) in [5.74, 6) is 0.765. The van der Waals surface area contributed by atoms with Crippen LogP contribution in [0.4, 0.5) is 10.1 Å². The second-order valence-electron chi connectivity index (χ2n) is 4.13. The van der Waals surface area contributed by atoms with Gasteiger partial charge in [0.25, 0.3) is 0 Å². The van der Waals surface area contributed by atoms with Crippen molar-refractivity contribution >= 4 is 5.69 Å². The molecule has 0 bridgehead atoms. The van der Waals surface area contributed by atoms with Gasteiger partial charge in [-0.1, -0.05) is 12.1 Å². The third-order valence-electron chi connectivity index (χ3n) is 2.83. The zero-order chi connectivity index (χ0) is 14.5. The Labute approximate surface area is 116 Å². The van der Waals surface area contributed by atoms with Crippen LogP contribution < -0.4 is 19.9 Å². The standard InChI is InChI=1S/C15H16FNO3/c1-18-12-7-6-11(17)8-14(12)20-9-10-4-3-5-13(19-2)15(10)16/h3-8H,9,17H2,1-2H3. The highest BCUT2D eigenvalue weighted by Gasteiger charge is 2.10. The minimum absolute atomic E-state index is 0.0584. The molecule has 4 nitrogen and oxygen atoms in total. The lowest BCUT2D eigenvalue weighted by Crippen LogP contribution is -2.02. The van der Waals surface area contributed by atoms with E-state index in [2.05, 4.69) is 0 Å². The average molecular weight is 277 g/mol. The molecule has 2 aromatic carbocycles. The third-order valence-corrected chi connectivity index (χ3v) is 2.83. The van der Waals surface area contributed by atoms with Crippen molar-refractivity contribution in [2.75, 3.05) is 20.0 Å². The monoisotopic (exact) mass is 277 g/mol. The zero-order valence-electron chi connectivity index (χ0n) is 11.4. The van der Waals surface area contributed by atoms with Crippen LogP contribution in [0.25, 0.3) is 0 Å². The lowest BCUT2D eigenvalue weighted by Gasteiger charge is -2.12. The molecular weight excluding hydrogens is 261 g/mol. The quantitative estimate of drug-likeness (QED) is 0.854. The highest BCUT2D eigenvalue weighted by molar-refractivity contribution is 5.52. The number of ether oxygens (including phenoxy) is 3. The molecule has 0 unspecified atom stereocenters. The van der Waals surface area contributed by atoms with Gasteiger partial charge in [0.05, 0.1) is 14.2 Å². The first-order valence-corrected chi connectivity index (χ1v) is 6.03. The summed E-state index contributed by atoms with van der Waals surface area (Å²) in [6, 6.07) is 9.94. The molecule has 0 heterocycles. The van der Waals surface area contributed by atoms with Crippen LogP contribution in [0.5, 0.6) is 17.2 Å². The highest BCUT2D eigenvalue weighted by atomic mass is 19.1. The molecule has 2 rings (SSSR count). The fourth-order valence-electron chi connectivity index (χ4n) is 1.79. The molecule has 0 fully saturated rings. The predicted molar refractivity (Wildman–Crippen MR) is 74.7 cm³/mol. The van der Waals surface area contributed by atoms with Crippen LogP contribution in [0, 0.1) is 5.82 Å². The van der Waals surface area contributed by atoms with Crippen LogP contribution in [0.1, 0.15) is 5.56 Å². The number of nitrogens with two attached hydrogens (primary N) is 1. The van der Waals surface area contributed by atoms with Gasteiger partial charge in [-0.05, 0) is 18.2 Å². The van der Waals surface area contributed by atoms with Crippen LogP contribution in [-0.2, 0) is 6.61 Å². The molecule has 106 valence electrons. The first kappa shape index (κ1) is 14.0. The van der Waals surface area contributed by atoms with Gasteiger partial charge in [0, 0.05) is 17.3 Å². The maximum atomic E-state index is 14.0. The first-order chi connectivity index (χ1) is 9.65. The Kier molecular flexibility index (Phi) is 4.30. The molecule has 0 amide bonds. The fraction of sp³-hybridized carbons (Fsp3) is 0.200. The van der Waals surface area contributed by atoms with Crippen molar-refractivity contribution in [3.05, 3.63) is 47.8 Å². The molecule has 2 N–H and O–H groups in total. The van der Waals surface area contributed by atoms with Crippen LogP contribution in [0.15, 0.2) is 36.4 Å². The number of benzene rings is 2. The van der Waals surface area contributed by atoms with Gasteiger partial charge in [0.1, 0.15) is 6.61 Å². The van der Waals surface area contributed by atoms with E-state index in [9.17, 15) is 4.39 Å². The van der Waals surface area contributed by atoms with Crippen molar-refractivity contribution in [1.29, 1.82) is 0 Å². The lowest BCUT2D eigenvalue weighted by atomic mass is 10.2. The van der Waals surface area contributed by atoms with E-state index in [4.69, 9.17) is 19.9 Å². The molecule has 0 spiro atoms. The molecule has 0 aromatic heterocycles. The van der Waals surface area contributed by atoms with Crippen molar-refractivity contribution in [2.24, 2.45) is 0 Å². The van der Waals surface area contributed by atoms with Crippen LogP contribution in [-0.4, -0.2) is 14.2 Å². The average Bonchev–Trinajstić information content (AvgIpc) is 2.46. The minimum atomic E-state index is -0.433. The molecule has 0 aliphatic heterocycles. The molecule has 0 aliphatic rings. The van der Waals surface area contributed by atoms with Crippen molar-refractivity contribution in [3.8, 4) is 17.2 Å². The van der Waals surface area contributed by atoms with Gasteiger partial charge < -0.3 is 19.9 Å². The Morgan fingerprint density at radius 1 is 1.00 bits per heavy atom. The van der Waals surface area contributed by atoms with Gasteiger partial charge >= 0.3 is 0 Å². The Morgan fingerprint density at radius 3 is 2.45 bits per heavy atom. The topological polar surface area (TPSA) is 53.7 Å². The summed E-state index contributed by atoms with van der Waals surface area (Å²) in [4.78, 5) is 0. The smallest absolute Gasteiger partial charge is 0.171 e. The van der Waals surface area contributed by atoms with E-state index < -0.39 is 5.82 Å². The molecule has 0 radical (unpaired) electrons. The fourth-order valence-corrected chi connectivity index (χ4v) is 1.79. The Morgan fingerprint density at radius 2 is 1.75 bits per heavy atom. The highest BCUT2D eigenvalue weighted by Crippen LogP contribution is 2.30. The number of rotatable bonds is 5. The second kappa shape index (κ2) is 6.14. The summed E-state index contributed by atoms with van der Waals surface area (Å²) in [7, 11) is 2.95. The van der Waals surface area contributed by atoms with E-state index in [-0.39, 0.29) is 12.4 Å². The molecule has 0 aliphatic carbocycles. The predicted octanol–water partition coefficient (Wildman–Crippen LogP) is 3.00. The number of hydrogen-bond acceptors (Lipinski definition) is 4. The van der Waals surface area contributed by atoms with E-state index in [0.717, 1.165) is 0 Å². The molecular formula is C15H16FNO3. The van der Waals surface area contributed by atoms with Gasteiger partial charge in [-0.2, -0.15) is 0 Å². The van der Waals surface area contributed by atoms with Crippen LogP contribution in [0.2, 0.25) is 0 Å². The maximum Gasteiger partial charge on any atom is 0.171 e. The first-order valence-electron chi connectivity index (χ1n) is 6.03. The summed E-state index contributed by atoms with van der Waals surface area (Å²) < 4.78 is 29.6. The number of hydrogen-bond donors (Lipinski definition) is 1. The van der Waals surface area contributed by atoms with Gasteiger partial charge in [-0.3, -0.25) is 0 Å². The second-order valence-corrected chi connectivity index (χ2v) is 4.13. The Bertz CT molecular complexity index is 602. The molecule has 5 heteroatoms. The van der Waals surface area contributed by atoms with E-state index in [0.29, 0.717) is 22.7 Å². The number of anilines is 1. The van der Waals surface area contributed by atoms with Crippen molar-refractivity contribution in [2.45, 2.75) is 6.61 Å². The van der Waals surface area contributed by atoms with Gasteiger partial charge in [-0.15, -0.1) is 0 Å². The molecule has 2 aromatic rings. The van der Waals surface area contributed by atoms with Crippen molar-refractivity contribution < 1.29 is 18.6 Å². The van der Waals surface area contributed by atoms with E-state index in [1.54, 1.807) is 36.4 Å². The number of methoxy groups -OCH3 is 2. The normalized spacial score (nSPS) is 10.2. The lowest BCUT2D eigenvalue weighted by molar-refractivity contribution is 0.277. The summed E-state index contributed by atoms with van der Waals surface area (Å²) in [5.41, 5.74) is 6.64. The van der Waals surface area contributed by atoms with Crippen molar-refractivity contribution in [3.63, 3.8) is 0 Å². The van der Waals surface area contributed by atoms with Crippen LogP contribution in [0.3, 0.4) is 0 Å². The number of nitrogen functional groups attached to an aromatic ring is 1. The number of halogens is 1. The van der Waals surface area contributed by atoms with Gasteiger partial charge in [-0.25, -0.2) is 4.39 Å². The molecule has 0 saturated carbocycles. The molecule has 20 heavy (non-hydrogen) atoms. The maximum absolute atomic E-state index is 14.0. The zero-order valence-corrected chi connectivity index (χ0v) is 11.4. The Hall–Kier alpha value is -2.43. The SMILES string of the molecule is COc1ccc(N)cc1OCc1cccc(OC)c1F. The van der Waals surface area contributed by atoms with Crippen molar-refractivity contribution in [1.82, 2.24) is 0 Å². The third kappa shape index (κ3) is 2.93. The minimum Gasteiger partial charge on any atom is -0.494 e. The summed E-state index contributed by atoms with van der Waals surface area (Å²) in [5, 5.41) is 0. The summed E-state index contributed by atoms with van der Waals surface area (Å²) >= 11 is 0. The van der Waals surface area contributed by atoms with Gasteiger partial charge in [0.2, 0.25) is 0 Å². The van der Waals surface area contributed by atoms with E-state index in [1.165, 1.54) is 14.2 Å². The van der Waals surface area contributed by atoms with Crippen LogP contribution >= 0.6 is 0 Å². The van der Waals surface area contributed by atoms with Gasteiger partial charge in [0.15, 0.2) is 23.1 Å². The summed E-state index contributed by atoms with van der Waals surface area (Å²) in [6.45, 7) is 0.0584. The largest absolute Gasteiger partial charge is 0.494 e. The Balaban J connectivity index is 2.19. The summed E-state index contributed by atoms with van der Waals surface area (Å²) in [6.07, 6.45) is 0. The molecule has 0 saturated heterocycles. The molecule has 0 atom stereocenters. The van der Waals surface area contributed by atoms with E-state index >= 15 is 0 Å². The van der Waals surface area contributed by atoms with E-state index in [1.807, 2.05) is 0 Å².